The van der Waals surface area contributed by atoms with Crippen LogP contribution in [0.25, 0.3) is 11.2 Å². The van der Waals surface area contributed by atoms with E-state index in [-0.39, 0.29) is 12.7 Å². The minimum Gasteiger partial charge on any atom is -0.443 e. The fourth-order valence-corrected chi connectivity index (χ4v) is 1.71. The number of imidazole rings is 1. The fourth-order valence-electron chi connectivity index (χ4n) is 1.45. The molecular formula is C12H15ClN4O2. The van der Waals surface area contributed by atoms with Crippen molar-refractivity contribution in [1.29, 1.82) is 0 Å². The number of nitrogens with zero attached hydrogens (tertiary/aromatic N) is 4. The molecule has 0 amide bonds. The quantitative estimate of drug-likeness (QED) is 0.624. The Hall–Kier alpha value is -1.69. The Bertz CT molecular complexity index is 630. The molecule has 7 heteroatoms. The van der Waals surface area contributed by atoms with Crippen molar-refractivity contribution in [3.8, 4) is 0 Å². The average molecular weight is 283 g/mol. The molecule has 19 heavy (non-hydrogen) atoms. The molecule has 0 fully saturated rings. The van der Waals surface area contributed by atoms with Gasteiger partial charge in [0.1, 0.15) is 11.3 Å². The van der Waals surface area contributed by atoms with Gasteiger partial charge in [0, 0.05) is 0 Å². The minimum absolute atomic E-state index is 0.0549. The van der Waals surface area contributed by atoms with Crippen LogP contribution in [0.4, 0.5) is 0 Å². The molecule has 2 heterocycles. The van der Waals surface area contributed by atoms with Gasteiger partial charge in [-0.1, -0.05) is 11.6 Å². The van der Waals surface area contributed by atoms with Crippen LogP contribution >= 0.6 is 11.6 Å². The molecule has 0 aliphatic rings. The van der Waals surface area contributed by atoms with Crippen LogP contribution in [0.1, 0.15) is 26.6 Å². The van der Waals surface area contributed by atoms with Gasteiger partial charge in [0.05, 0.1) is 11.7 Å². The highest BCUT2D eigenvalue weighted by Crippen LogP contribution is 2.20. The van der Waals surface area contributed by atoms with Crippen molar-refractivity contribution < 1.29 is 9.53 Å². The Labute approximate surface area is 115 Å². The lowest BCUT2D eigenvalue weighted by Gasteiger charge is -2.16. The number of rotatable bonds is 2. The first kappa shape index (κ1) is 13.7. The van der Waals surface area contributed by atoms with Gasteiger partial charge < -0.3 is 4.74 Å². The van der Waals surface area contributed by atoms with Gasteiger partial charge in [0.15, 0.2) is 17.5 Å². The SMILES string of the molecule is Cc1nc(Cl)c2ncn(COC(=O)C(C)(C)C)c2n1. The van der Waals surface area contributed by atoms with Crippen LogP contribution in [0.5, 0.6) is 0 Å². The Morgan fingerprint density at radius 3 is 2.74 bits per heavy atom. The van der Waals surface area contributed by atoms with Crippen molar-refractivity contribution in [3.63, 3.8) is 0 Å². The topological polar surface area (TPSA) is 69.9 Å². The molecule has 0 N–H and O–H groups in total. The summed E-state index contributed by atoms with van der Waals surface area (Å²) in [4.78, 5) is 24.1. The first-order valence-corrected chi connectivity index (χ1v) is 6.19. The Morgan fingerprint density at radius 2 is 2.11 bits per heavy atom. The molecule has 0 unspecified atom stereocenters. The van der Waals surface area contributed by atoms with Crippen LogP contribution in [0, 0.1) is 12.3 Å². The van der Waals surface area contributed by atoms with Crippen molar-refractivity contribution >= 4 is 28.7 Å². The molecule has 0 saturated carbocycles. The molecule has 0 spiro atoms. The molecule has 2 rings (SSSR count). The third kappa shape index (κ3) is 2.84. The molecule has 0 radical (unpaired) electrons. The molecule has 0 saturated heterocycles. The minimum atomic E-state index is -0.543. The number of halogens is 1. The Morgan fingerprint density at radius 1 is 1.42 bits per heavy atom. The number of hydrogen-bond acceptors (Lipinski definition) is 5. The molecule has 2 aromatic rings. The van der Waals surface area contributed by atoms with Crippen molar-refractivity contribution in [2.45, 2.75) is 34.4 Å². The van der Waals surface area contributed by atoms with Gasteiger partial charge in [-0.25, -0.2) is 15.0 Å². The highest BCUT2D eigenvalue weighted by Gasteiger charge is 2.23. The third-order valence-corrected chi connectivity index (χ3v) is 2.74. The highest BCUT2D eigenvalue weighted by molar-refractivity contribution is 6.33. The van der Waals surface area contributed by atoms with Gasteiger partial charge >= 0.3 is 5.97 Å². The molecule has 6 nitrogen and oxygen atoms in total. The van der Waals surface area contributed by atoms with Crippen molar-refractivity contribution in [1.82, 2.24) is 19.5 Å². The summed E-state index contributed by atoms with van der Waals surface area (Å²) in [5.41, 5.74) is 0.511. The van der Waals surface area contributed by atoms with Gasteiger partial charge in [-0.15, -0.1) is 0 Å². The molecule has 0 aromatic carbocycles. The largest absolute Gasteiger partial charge is 0.443 e. The number of aromatic nitrogens is 4. The van der Waals surface area contributed by atoms with Crippen LogP contribution in [0.15, 0.2) is 6.33 Å². The van der Waals surface area contributed by atoms with E-state index in [1.807, 2.05) is 0 Å². The molecule has 0 bridgehead atoms. The van der Waals surface area contributed by atoms with Crippen LogP contribution < -0.4 is 0 Å². The lowest BCUT2D eigenvalue weighted by atomic mass is 9.98. The number of aryl methyl sites for hydroxylation is 1. The van der Waals surface area contributed by atoms with E-state index in [2.05, 4.69) is 15.0 Å². The first-order valence-electron chi connectivity index (χ1n) is 5.81. The molecule has 0 aliphatic carbocycles. The highest BCUT2D eigenvalue weighted by atomic mass is 35.5. The zero-order chi connectivity index (χ0) is 14.2. The van der Waals surface area contributed by atoms with E-state index in [1.165, 1.54) is 6.33 Å². The summed E-state index contributed by atoms with van der Waals surface area (Å²) in [7, 11) is 0. The summed E-state index contributed by atoms with van der Waals surface area (Å²) >= 11 is 5.98. The second-order valence-corrected chi connectivity index (χ2v) is 5.62. The van der Waals surface area contributed by atoms with E-state index < -0.39 is 5.41 Å². The van der Waals surface area contributed by atoms with Gasteiger partial charge in [0.2, 0.25) is 0 Å². The zero-order valence-corrected chi connectivity index (χ0v) is 12.0. The summed E-state index contributed by atoms with van der Waals surface area (Å²) in [6, 6.07) is 0. The smallest absolute Gasteiger partial charge is 0.312 e. The van der Waals surface area contributed by atoms with Crippen molar-refractivity contribution in [2.75, 3.05) is 0 Å². The van der Waals surface area contributed by atoms with Crippen molar-refractivity contribution in [2.24, 2.45) is 5.41 Å². The number of carbonyl (C=O) groups is 1. The lowest BCUT2D eigenvalue weighted by molar-refractivity contribution is -0.156. The number of fused-ring (bicyclic) bond motifs is 1. The molecule has 0 aliphatic heterocycles. The average Bonchev–Trinajstić information content (AvgIpc) is 2.67. The summed E-state index contributed by atoms with van der Waals surface area (Å²) < 4.78 is 6.84. The number of carbonyl (C=O) groups excluding carboxylic acids is 1. The van der Waals surface area contributed by atoms with Crippen molar-refractivity contribution in [3.05, 3.63) is 17.3 Å². The third-order valence-electron chi connectivity index (χ3n) is 2.48. The lowest BCUT2D eigenvalue weighted by Crippen LogP contribution is -2.24. The van der Waals surface area contributed by atoms with E-state index >= 15 is 0 Å². The molecule has 2 aromatic heterocycles. The Kier molecular flexibility index (Phi) is 3.45. The van der Waals surface area contributed by atoms with E-state index in [1.54, 1.807) is 32.3 Å². The second-order valence-electron chi connectivity index (χ2n) is 5.26. The maximum atomic E-state index is 11.7. The number of hydrogen-bond donors (Lipinski definition) is 0. The standard InChI is InChI=1S/C12H15ClN4O2/c1-7-15-9(13)8-10(16-7)17(5-14-8)6-19-11(18)12(2,3)4/h5H,6H2,1-4H3. The molecule has 0 atom stereocenters. The van der Waals surface area contributed by atoms with Crippen LogP contribution in [0.3, 0.4) is 0 Å². The summed E-state index contributed by atoms with van der Waals surface area (Å²) in [5.74, 6) is 0.257. The summed E-state index contributed by atoms with van der Waals surface area (Å²) in [6.45, 7) is 7.18. The van der Waals surface area contributed by atoms with Crippen LogP contribution in [-0.4, -0.2) is 25.5 Å². The maximum Gasteiger partial charge on any atom is 0.312 e. The van der Waals surface area contributed by atoms with Gasteiger partial charge in [-0.3, -0.25) is 9.36 Å². The number of ether oxygens (including phenoxy) is 1. The summed E-state index contributed by atoms with van der Waals surface area (Å²) in [5, 5.41) is 0.295. The second kappa shape index (κ2) is 4.77. The number of esters is 1. The predicted molar refractivity (Wildman–Crippen MR) is 70.6 cm³/mol. The maximum absolute atomic E-state index is 11.7. The zero-order valence-electron chi connectivity index (χ0n) is 11.3. The summed E-state index contributed by atoms with van der Waals surface area (Å²) in [6.07, 6.45) is 1.53. The van der Waals surface area contributed by atoms with Crippen LogP contribution in [0.2, 0.25) is 5.15 Å². The molecular weight excluding hydrogens is 268 g/mol. The normalized spacial score (nSPS) is 11.8. The van der Waals surface area contributed by atoms with E-state index in [9.17, 15) is 4.79 Å². The van der Waals surface area contributed by atoms with Gasteiger partial charge in [-0.05, 0) is 27.7 Å². The monoisotopic (exact) mass is 282 g/mol. The Balaban J connectivity index is 2.25. The van der Waals surface area contributed by atoms with Gasteiger partial charge in [-0.2, -0.15) is 0 Å². The fraction of sp³-hybridized carbons (Fsp3) is 0.500. The van der Waals surface area contributed by atoms with E-state index in [4.69, 9.17) is 16.3 Å². The predicted octanol–water partition coefficient (Wildman–Crippen LogP) is 2.33. The van der Waals surface area contributed by atoms with Crippen LogP contribution in [-0.2, 0) is 16.3 Å². The first-order chi connectivity index (χ1) is 8.79. The molecule has 102 valence electrons. The van der Waals surface area contributed by atoms with Gasteiger partial charge in [0.25, 0.3) is 0 Å². The van der Waals surface area contributed by atoms with E-state index in [0.717, 1.165) is 0 Å². The van der Waals surface area contributed by atoms with E-state index in [0.29, 0.717) is 22.1 Å².